The second-order valence-electron chi connectivity index (χ2n) is 7.83. The molecule has 0 radical (unpaired) electrons. The number of nitrogens with zero attached hydrogens (tertiary/aromatic N) is 2. The third-order valence-corrected chi connectivity index (χ3v) is 5.33. The summed E-state index contributed by atoms with van der Waals surface area (Å²) >= 11 is 6.51. The molecule has 0 aliphatic heterocycles. The van der Waals surface area contributed by atoms with Crippen LogP contribution in [0.25, 0.3) is 5.69 Å². The van der Waals surface area contributed by atoms with E-state index >= 15 is 0 Å². The maximum atomic E-state index is 12.9. The molecule has 0 spiro atoms. The molecule has 0 saturated carbocycles. The molecule has 1 N–H and O–H groups in total. The van der Waals surface area contributed by atoms with Crippen LogP contribution in [0, 0.1) is 6.92 Å². The summed E-state index contributed by atoms with van der Waals surface area (Å²) in [5.74, 6) is -0.193. The Bertz CT molecular complexity index is 949. The zero-order valence-corrected chi connectivity index (χ0v) is 17.5. The monoisotopic (exact) mass is 395 g/mol. The quantitative estimate of drug-likeness (QED) is 0.613. The lowest BCUT2D eigenvalue weighted by molar-refractivity contribution is 0.0934. The minimum absolute atomic E-state index is 0.0155. The highest BCUT2D eigenvalue weighted by molar-refractivity contribution is 6.33. The van der Waals surface area contributed by atoms with Gasteiger partial charge in [-0.05, 0) is 43.4 Å². The van der Waals surface area contributed by atoms with Gasteiger partial charge in [0.1, 0.15) is 5.15 Å². The molecule has 28 heavy (non-hydrogen) atoms. The van der Waals surface area contributed by atoms with Crippen LogP contribution in [0.2, 0.25) is 5.15 Å². The largest absolute Gasteiger partial charge is 0.349 e. The molecule has 1 unspecified atom stereocenters. The molecule has 0 saturated heterocycles. The van der Waals surface area contributed by atoms with Crippen LogP contribution in [0.3, 0.4) is 0 Å². The number of carbonyl (C=O) groups is 1. The summed E-state index contributed by atoms with van der Waals surface area (Å²) in [5.41, 5.74) is 3.06. The highest BCUT2D eigenvalue weighted by atomic mass is 35.5. The van der Waals surface area contributed by atoms with E-state index in [9.17, 15) is 4.79 Å². The van der Waals surface area contributed by atoms with Crippen molar-refractivity contribution in [2.75, 3.05) is 0 Å². The standard InChI is InChI=1S/C23H26ClN3O/c1-16(15-23(3,4)18-11-7-5-8-12-18)25-22(28)20-17(2)26-27(21(20)24)19-13-9-6-10-14-19/h5-14,16H,15H2,1-4H3,(H,25,28). The Labute approximate surface area is 171 Å². The van der Waals surface area contributed by atoms with Gasteiger partial charge in [-0.3, -0.25) is 4.79 Å². The number of para-hydroxylation sites is 1. The van der Waals surface area contributed by atoms with Crippen LogP contribution >= 0.6 is 11.6 Å². The first-order chi connectivity index (χ1) is 13.3. The molecule has 0 aliphatic carbocycles. The van der Waals surface area contributed by atoms with Crippen molar-refractivity contribution in [3.63, 3.8) is 0 Å². The van der Waals surface area contributed by atoms with E-state index in [-0.39, 0.29) is 17.4 Å². The Morgan fingerprint density at radius 2 is 1.68 bits per heavy atom. The first kappa shape index (κ1) is 20.2. The highest BCUT2D eigenvalue weighted by Gasteiger charge is 2.26. The fourth-order valence-corrected chi connectivity index (χ4v) is 3.97. The number of hydrogen-bond donors (Lipinski definition) is 1. The van der Waals surface area contributed by atoms with Crippen molar-refractivity contribution in [2.45, 2.75) is 45.6 Å². The number of hydrogen-bond acceptors (Lipinski definition) is 2. The zero-order chi connectivity index (χ0) is 20.3. The van der Waals surface area contributed by atoms with Crippen molar-refractivity contribution in [3.8, 4) is 5.69 Å². The van der Waals surface area contributed by atoms with E-state index in [2.05, 4.69) is 36.4 Å². The molecule has 1 aromatic heterocycles. The molecule has 3 rings (SSSR count). The van der Waals surface area contributed by atoms with Gasteiger partial charge in [0.05, 0.1) is 16.9 Å². The molecule has 0 fully saturated rings. The molecule has 3 aromatic rings. The summed E-state index contributed by atoms with van der Waals surface area (Å²) in [4.78, 5) is 12.9. The second-order valence-corrected chi connectivity index (χ2v) is 8.19. The van der Waals surface area contributed by atoms with E-state index < -0.39 is 0 Å². The normalized spacial score (nSPS) is 12.6. The zero-order valence-electron chi connectivity index (χ0n) is 16.7. The van der Waals surface area contributed by atoms with Crippen LogP contribution in [0.1, 0.15) is 48.8 Å². The van der Waals surface area contributed by atoms with Crippen LogP contribution in [-0.4, -0.2) is 21.7 Å². The van der Waals surface area contributed by atoms with E-state index in [1.165, 1.54) is 5.56 Å². The minimum atomic E-state index is -0.193. The highest BCUT2D eigenvalue weighted by Crippen LogP contribution is 2.29. The average molecular weight is 396 g/mol. The summed E-state index contributed by atoms with van der Waals surface area (Å²) in [6, 6.07) is 19.9. The molecule has 5 heteroatoms. The fraction of sp³-hybridized carbons (Fsp3) is 0.304. The molecule has 0 aliphatic rings. The summed E-state index contributed by atoms with van der Waals surface area (Å²) in [6.07, 6.45) is 0.812. The van der Waals surface area contributed by atoms with Crippen molar-refractivity contribution >= 4 is 17.5 Å². The van der Waals surface area contributed by atoms with Gasteiger partial charge in [-0.1, -0.05) is 74.0 Å². The number of aromatic nitrogens is 2. The van der Waals surface area contributed by atoms with Crippen molar-refractivity contribution in [2.24, 2.45) is 0 Å². The fourth-order valence-electron chi connectivity index (χ4n) is 3.62. The van der Waals surface area contributed by atoms with Gasteiger partial charge < -0.3 is 5.32 Å². The van der Waals surface area contributed by atoms with Gasteiger partial charge in [0.15, 0.2) is 0 Å². The Kier molecular flexibility index (Phi) is 5.90. The molecular weight excluding hydrogens is 370 g/mol. The van der Waals surface area contributed by atoms with E-state index in [0.29, 0.717) is 16.4 Å². The van der Waals surface area contributed by atoms with Crippen LogP contribution in [0.5, 0.6) is 0 Å². The van der Waals surface area contributed by atoms with Crippen molar-refractivity contribution in [1.82, 2.24) is 15.1 Å². The summed E-state index contributed by atoms with van der Waals surface area (Å²) < 4.78 is 1.60. The maximum Gasteiger partial charge on any atom is 0.256 e. The van der Waals surface area contributed by atoms with Gasteiger partial charge in [-0.2, -0.15) is 5.10 Å². The average Bonchev–Trinajstić information content (AvgIpc) is 2.97. The predicted molar refractivity (Wildman–Crippen MR) is 114 cm³/mol. The van der Waals surface area contributed by atoms with Crippen molar-refractivity contribution in [3.05, 3.63) is 82.6 Å². The van der Waals surface area contributed by atoms with Crippen LogP contribution in [0.15, 0.2) is 60.7 Å². The SMILES string of the molecule is Cc1nn(-c2ccccc2)c(Cl)c1C(=O)NC(C)CC(C)(C)c1ccccc1. The lowest BCUT2D eigenvalue weighted by Crippen LogP contribution is -2.37. The predicted octanol–water partition coefficient (Wildman–Crippen LogP) is 5.32. The van der Waals surface area contributed by atoms with Gasteiger partial charge >= 0.3 is 0 Å². The van der Waals surface area contributed by atoms with Crippen LogP contribution < -0.4 is 5.32 Å². The summed E-state index contributed by atoms with van der Waals surface area (Å²) in [7, 11) is 0. The summed E-state index contributed by atoms with van der Waals surface area (Å²) in [6.45, 7) is 8.21. The summed E-state index contributed by atoms with van der Waals surface area (Å²) in [5, 5.41) is 7.88. The van der Waals surface area contributed by atoms with Crippen molar-refractivity contribution < 1.29 is 4.79 Å². The smallest absolute Gasteiger partial charge is 0.256 e. The third-order valence-electron chi connectivity index (χ3n) is 4.98. The first-order valence-electron chi connectivity index (χ1n) is 9.46. The van der Waals surface area contributed by atoms with Gasteiger partial charge in [-0.15, -0.1) is 0 Å². The van der Waals surface area contributed by atoms with E-state index in [1.54, 1.807) is 11.6 Å². The van der Waals surface area contributed by atoms with Gasteiger partial charge in [0.25, 0.3) is 5.91 Å². The third kappa shape index (κ3) is 4.28. The Morgan fingerprint density at radius 3 is 2.29 bits per heavy atom. The maximum absolute atomic E-state index is 12.9. The number of aryl methyl sites for hydroxylation is 1. The van der Waals surface area contributed by atoms with E-state index in [1.807, 2.05) is 55.5 Å². The molecule has 1 heterocycles. The Hall–Kier alpha value is -2.59. The number of halogens is 1. The molecule has 4 nitrogen and oxygen atoms in total. The molecule has 1 atom stereocenters. The van der Waals surface area contributed by atoms with Crippen LogP contribution in [0.4, 0.5) is 0 Å². The number of amides is 1. The lowest BCUT2D eigenvalue weighted by Gasteiger charge is -2.29. The lowest BCUT2D eigenvalue weighted by atomic mass is 9.79. The van der Waals surface area contributed by atoms with Gasteiger partial charge in [-0.25, -0.2) is 4.68 Å². The topological polar surface area (TPSA) is 46.9 Å². The molecule has 1 amide bonds. The van der Waals surface area contributed by atoms with E-state index in [4.69, 9.17) is 11.6 Å². The van der Waals surface area contributed by atoms with Crippen molar-refractivity contribution in [1.29, 1.82) is 0 Å². The van der Waals surface area contributed by atoms with Gasteiger partial charge in [0, 0.05) is 6.04 Å². The Morgan fingerprint density at radius 1 is 1.11 bits per heavy atom. The number of rotatable bonds is 6. The number of benzene rings is 2. The number of nitrogens with one attached hydrogen (secondary N) is 1. The number of carbonyl (C=O) groups excluding carboxylic acids is 1. The Balaban J connectivity index is 1.75. The van der Waals surface area contributed by atoms with Crippen LogP contribution in [-0.2, 0) is 5.41 Å². The van der Waals surface area contributed by atoms with E-state index in [0.717, 1.165) is 12.1 Å². The molecule has 146 valence electrons. The molecule has 2 aromatic carbocycles. The minimum Gasteiger partial charge on any atom is -0.349 e. The molecular formula is C23H26ClN3O. The first-order valence-corrected chi connectivity index (χ1v) is 9.84. The molecule has 0 bridgehead atoms. The second kappa shape index (κ2) is 8.19. The van der Waals surface area contributed by atoms with Gasteiger partial charge in [0.2, 0.25) is 0 Å².